The Hall–Kier alpha value is -2.62. The second-order valence-electron chi connectivity index (χ2n) is 4.84. The van der Waals surface area contributed by atoms with E-state index in [0.29, 0.717) is 0 Å². The first-order valence-corrected chi connectivity index (χ1v) is 6.37. The number of nitrogens with zero attached hydrogens (tertiary/aromatic N) is 3. The Morgan fingerprint density at radius 2 is 1.85 bits per heavy atom. The highest BCUT2D eigenvalue weighted by atomic mass is 16.3. The van der Waals surface area contributed by atoms with Gasteiger partial charge in [-0.25, -0.2) is 9.97 Å². The zero-order valence-corrected chi connectivity index (χ0v) is 11.4. The predicted octanol–water partition coefficient (Wildman–Crippen LogP) is 3.07. The van der Waals surface area contributed by atoms with Crippen molar-refractivity contribution in [2.45, 2.75) is 0 Å². The minimum absolute atomic E-state index is 0.223. The number of phenolic OH excluding ortho intramolecular Hbond substituents is 1. The van der Waals surface area contributed by atoms with Crippen LogP contribution in [0.3, 0.4) is 0 Å². The first-order valence-electron chi connectivity index (χ1n) is 6.37. The SMILES string of the molecule is CN(C)c1ncccc1-c1ccc2ccc(O)cc2n1. The van der Waals surface area contributed by atoms with Gasteiger partial charge in [0.15, 0.2) is 0 Å². The molecule has 1 N–H and O–H groups in total. The largest absolute Gasteiger partial charge is 0.508 e. The van der Waals surface area contributed by atoms with Gasteiger partial charge < -0.3 is 10.0 Å². The lowest BCUT2D eigenvalue weighted by Crippen LogP contribution is -2.11. The van der Waals surface area contributed by atoms with E-state index in [1.165, 1.54) is 0 Å². The molecule has 20 heavy (non-hydrogen) atoms. The molecule has 4 heteroatoms. The summed E-state index contributed by atoms with van der Waals surface area (Å²) in [5.74, 6) is 1.10. The molecule has 0 aliphatic rings. The van der Waals surface area contributed by atoms with E-state index in [1.807, 2.05) is 49.3 Å². The summed E-state index contributed by atoms with van der Waals surface area (Å²) in [7, 11) is 3.91. The molecule has 2 heterocycles. The Labute approximate surface area is 117 Å². The van der Waals surface area contributed by atoms with Gasteiger partial charge in [-0.05, 0) is 30.3 Å². The fraction of sp³-hybridized carbons (Fsp3) is 0.125. The quantitative estimate of drug-likeness (QED) is 0.773. The normalized spacial score (nSPS) is 10.7. The van der Waals surface area contributed by atoms with Crippen LogP contribution >= 0.6 is 0 Å². The summed E-state index contributed by atoms with van der Waals surface area (Å²) >= 11 is 0. The summed E-state index contributed by atoms with van der Waals surface area (Å²) in [4.78, 5) is 11.0. The molecule has 0 unspecified atom stereocenters. The van der Waals surface area contributed by atoms with E-state index in [1.54, 1.807) is 18.3 Å². The van der Waals surface area contributed by atoms with Crippen molar-refractivity contribution in [2.75, 3.05) is 19.0 Å². The van der Waals surface area contributed by atoms with E-state index in [4.69, 9.17) is 0 Å². The van der Waals surface area contributed by atoms with Crippen molar-refractivity contribution in [2.24, 2.45) is 0 Å². The second-order valence-corrected chi connectivity index (χ2v) is 4.84. The predicted molar refractivity (Wildman–Crippen MR) is 81.0 cm³/mol. The molecule has 2 aromatic heterocycles. The van der Waals surface area contributed by atoms with Crippen molar-refractivity contribution in [3.8, 4) is 17.0 Å². The molecule has 0 amide bonds. The Bertz CT molecular complexity index is 769. The molecule has 3 rings (SSSR count). The van der Waals surface area contributed by atoms with Gasteiger partial charge in [0.2, 0.25) is 0 Å². The third kappa shape index (κ3) is 2.16. The molecular formula is C16H15N3O. The maximum absolute atomic E-state index is 9.57. The molecule has 0 radical (unpaired) electrons. The van der Waals surface area contributed by atoms with E-state index in [0.717, 1.165) is 28.0 Å². The van der Waals surface area contributed by atoms with Crippen LogP contribution in [0.15, 0.2) is 48.7 Å². The van der Waals surface area contributed by atoms with Crippen LogP contribution in [0.1, 0.15) is 0 Å². The van der Waals surface area contributed by atoms with E-state index in [2.05, 4.69) is 9.97 Å². The van der Waals surface area contributed by atoms with Gasteiger partial charge in [-0.15, -0.1) is 0 Å². The van der Waals surface area contributed by atoms with Crippen LogP contribution in [-0.4, -0.2) is 29.2 Å². The summed E-state index contributed by atoms with van der Waals surface area (Å²) in [6.45, 7) is 0. The molecule has 0 fully saturated rings. The first-order chi connectivity index (χ1) is 9.65. The van der Waals surface area contributed by atoms with Crippen LogP contribution in [0.25, 0.3) is 22.2 Å². The fourth-order valence-corrected chi connectivity index (χ4v) is 2.21. The number of anilines is 1. The Balaban J connectivity index is 2.20. The minimum atomic E-state index is 0.223. The molecule has 100 valence electrons. The Morgan fingerprint density at radius 3 is 2.65 bits per heavy atom. The van der Waals surface area contributed by atoms with Gasteiger partial charge in [-0.2, -0.15) is 0 Å². The lowest BCUT2D eigenvalue weighted by Gasteiger charge is -2.15. The number of phenols is 1. The van der Waals surface area contributed by atoms with Crippen molar-refractivity contribution < 1.29 is 5.11 Å². The molecule has 0 saturated heterocycles. The number of aromatic nitrogens is 2. The van der Waals surface area contributed by atoms with Crippen LogP contribution in [0, 0.1) is 0 Å². The van der Waals surface area contributed by atoms with Crippen LogP contribution < -0.4 is 4.90 Å². The second kappa shape index (κ2) is 4.81. The van der Waals surface area contributed by atoms with Crippen LogP contribution in [0.2, 0.25) is 0 Å². The highest BCUT2D eigenvalue weighted by Gasteiger charge is 2.09. The summed E-state index contributed by atoms with van der Waals surface area (Å²) in [5, 5.41) is 10.6. The smallest absolute Gasteiger partial charge is 0.137 e. The highest BCUT2D eigenvalue weighted by Crippen LogP contribution is 2.28. The first kappa shape index (κ1) is 12.4. The number of hydrogen-bond acceptors (Lipinski definition) is 4. The van der Waals surface area contributed by atoms with Crippen molar-refractivity contribution in [1.29, 1.82) is 0 Å². The summed E-state index contributed by atoms with van der Waals surface area (Å²) in [5.41, 5.74) is 2.60. The minimum Gasteiger partial charge on any atom is -0.508 e. The van der Waals surface area contributed by atoms with Gasteiger partial charge in [-0.1, -0.05) is 6.07 Å². The standard InChI is InChI=1S/C16H15N3O/c1-19(2)16-13(4-3-9-17-16)14-8-6-11-5-7-12(20)10-15(11)18-14/h3-10,20H,1-2H3. The Morgan fingerprint density at radius 1 is 1.05 bits per heavy atom. The van der Waals surface area contributed by atoms with Crippen molar-refractivity contribution in [3.05, 3.63) is 48.7 Å². The van der Waals surface area contributed by atoms with Gasteiger partial charge in [0.25, 0.3) is 0 Å². The number of rotatable bonds is 2. The van der Waals surface area contributed by atoms with Gasteiger partial charge in [0.05, 0.1) is 11.2 Å². The molecule has 0 saturated carbocycles. The molecule has 0 aliphatic heterocycles. The zero-order chi connectivity index (χ0) is 14.1. The molecule has 0 spiro atoms. The lowest BCUT2D eigenvalue weighted by atomic mass is 10.1. The molecule has 4 nitrogen and oxygen atoms in total. The van der Waals surface area contributed by atoms with Gasteiger partial charge in [0, 0.05) is 37.3 Å². The fourth-order valence-electron chi connectivity index (χ4n) is 2.21. The summed E-state index contributed by atoms with van der Waals surface area (Å²) < 4.78 is 0. The van der Waals surface area contributed by atoms with E-state index >= 15 is 0 Å². The van der Waals surface area contributed by atoms with Crippen molar-refractivity contribution in [1.82, 2.24) is 9.97 Å². The number of pyridine rings is 2. The average molecular weight is 265 g/mol. The van der Waals surface area contributed by atoms with Gasteiger partial charge in [0.1, 0.15) is 11.6 Å². The molecule has 0 aliphatic carbocycles. The molecule has 3 aromatic rings. The topological polar surface area (TPSA) is 49.2 Å². The van der Waals surface area contributed by atoms with Crippen LogP contribution in [0.4, 0.5) is 5.82 Å². The summed E-state index contributed by atoms with van der Waals surface area (Å²) in [6, 6.07) is 13.1. The van der Waals surface area contributed by atoms with E-state index in [-0.39, 0.29) is 5.75 Å². The number of fused-ring (bicyclic) bond motifs is 1. The van der Waals surface area contributed by atoms with Gasteiger partial charge >= 0.3 is 0 Å². The van der Waals surface area contributed by atoms with Crippen molar-refractivity contribution >= 4 is 16.7 Å². The molecular weight excluding hydrogens is 250 g/mol. The van der Waals surface area contributed by atoms with E-state index in [9.17, 15) is 5.11 Å². The average Bonchev–Trinajstić information content (AvgIpc) is 2.46. The lowest BCUT2D eigenvalue weighted by molar-refractivity contribution is 0.476. The molecule has 1 aromatic carbocycles. The summed E-state index contributed by atoms with van der Waals surface area (Å²) in [6.07, 6.45) is 1.77. The van der Waals surface area contributed by atoms with Crippen LogP contribution in [-0.2, 0) is 0 Å². The maximum atomic E-state index is 9.57. The monoisotopic (exact) mass is 265 g/mol. The van der Waals surface area contributed by atoms with Crippen LogP contribution in [0.5, 0.6) is 5.75 Å². The third-order valence-electron chi connectivity index (χ3n) is 3.16. The third-order valence-corrected chi connectivity index (χ3v) is 3.16. The van der Waals surface area contributed by atoms with Crippen molar-refractivity contribution in [3.63, 3.8) is 0 Å². The number of aromatic hydroxyl groups is 1. The van der Waals surface area contributed by atoms with E-state index < -0.39 is 0 Å². The number of hydrogen-bond donors (Lipinski definition) is 1. The highest BCUT2D eigenvalue weighted by molar-refractivity contribution is 5.84. The zero-order valence-electron chi connectivity index (χ0n) is 11.4. The molecule has 0 bridgehead atoms. The molecule has 0 atom stereocenters. The maximum Gasteiger partial charge on any atom is 0.137 e. The number of benzene rings is 1. The van der Waals surface area contributed by atoms with Gasteiger partial charge in [-0.3, -0.25) is 0 Å². The Kier molecular flexibility index (Phi) is 2.99.